The lowest BCUT2D eigenvalue weighted by atomic mass is 10.2. The summed E-state index contributed by atoms with van der Waals surface area (Å²) < 4.78 is 27.1. The van der Waals surface area contributed by atoms with Crippen LogP contribution in [0.3, 0.4) is 0 Å². The lowest BCUT2D eigenvalue weighted by Gasteiger charge is -2.11. The van der Waals surface area contributed by atoms with E-state index >= 15 is 0 Å². The molecule has 3 rings (SSSR count). The molecule has 0 radical (unpaired) electrons. The monoisotopic (exact) mass is 445 g/mol. The molecule has 0 unspecified atom stereocenters. The zero-order valence-corrected chi connectivity index (χ0v) is 17.4. The Balaban J connectivity index is 1.73. The van der Waals surface area contributed by atoms with Gasteiger partial charge in [0.1, 0.15) is 6.54 Å². The molecule has 12 nitrogen and oxygen atoms in total. The van der Waals surface area contributed by atoms with Gasteiger partial charge in [-0.2, -0.15) is 9.36 Å². The first-order valence-corrected chi connectivity index (χ1v) is 10.3. The molecule has 13 heteroatoms. The van der Waals surface area contributed by atoms with Crippen molar-refractivity contribution in [1.82, 2.24) is 24.1 Å². The Hall–Kier alpha value is -3.84. The van der Waals surface area contributed by atoms with Gasteiger partial charge in [0.05, 0.1) is 10.6 Å². The van der Waals surface area contributed by atoms with Gasteiger partial charge in [0.25, 0.3) is 5.91 Å². The van der Waals surface area contributed by atoms with Crippen LogP contribution in [-0.2, 0) is 21.4 Å². The maximum absolute atomic E-state index is 12.4. The molecule has 162 valence electrons. The maximum atomic E-state index is 12.4. The third-order valence-electron chi connectivity index (χ3n) is 4.21. The number of rotatable bonds is 7. The van der Waals surface area contributed by atoms with Crippen LogP contribution in [0, 0.1) is 0 Å². The fraction of sp³-hybridized carbons (Fsp3) is 0.167. The van der Waals surface area contributed by atoms with Crippen molar-refractivity contribution in [3.8, 4) is 5.69 Å². The Morgan fingerprint density at radius 2 is 1.65 bits per heavy atom. The fourth-order valence-electron chi connectivity index (χ4n) is 2.56. The molecular weight excluding hydrogens is 426 g/mol. The highest BCUT2D eigenvalue weighted by Crippen LogP contribution is 2.16. The summed E-state index contributed by atoms with van der Waals surface area (Å²) in [7, 11) is -0.737. The van der Waals surface area contributed by atoms with Gasteiger partial charge in [0, 0.05) is 25.3 Å². The highest BCUT2D eigenvalue weighted by atomic mass is 32.2. The van der Waals surface area contributed by atoms with E-state index < -0.39 is 27.5 Å². The van der Waals surface area contributed by atoms with Gasteiger partial charge < -0.3 is 11.1 Å². The zero-order chi connectivity index (χ0) is 22.8. The number of tetrazole rings is 1. The van der Waals surface area contributed by atoms with Gasteiger partial charge in [0.2, 0.25) is 15.9 Å². The van der Waals surface area contributed by atoms with Crippen LogP contribution in [0.4, 0.5) is 5.69 Å². The molecule has 0 spiro atoms. The minimum Gasteiger partial charge on any atom is -0.368 e. The van der Waals surface area contributed by atoms with Crippen molar-refractivity contribution in [2.75, 3.05) is 19.4 Å². The van der Waals surface area contributed by atoms with E-state index in [1.807, 2.05) is 0 Å². The third kappa shape index (κ3) is 4.67. The second kappa shape index (κ2) is 8.49. The topological polar surface area (TPSA) is 162 Å². The van der Waals surface area contributed by atoms with Crippen molar-refractivity contribution in [1.29, 1.82) is 0 Å². The van der Waals surface area contributed by atoms with Crippen molar-refractivity contribution < 1.29 is 18.0 Å². The van der Waals surface area contributed by atoms with Gasteiger partial charge in [-0.15, -0.1) is 0 Å². The van der Waals surface area contributed by atoms with Crippen LogP contribution in [-0.4, -0.2) is 58.4 Å². The molecule has 0 aliphatic heterocycles. The average molecular weight is 445 g/mol. The molecule has 1 aromatic heterocycles. The van der Waals surface area contributed by atoms with Crippen LogP contribution in [0.1, 0.15) is 10.4 Å². The molecule has 1 heterocycles. The summed E-state index contributed by atoms with van der Waals surface area (Å²) in [4.78, 5) is 35.6. The Kier molecular flexibility index (Phi) is 5.99. The number of nitrogens with zero attached hydrogens (tertiary/aromatic N) is 5. The highest BCUT2D eigenvalue weighted by molar-refractivity contribution is 7.89. The van der Waals surface area contributed by atoms with E-state index in [4.69, 9.17) is 5.73 Å². The van der Waals surface area contributed by atoms with E-state index in [2.05, 4.69) is 15.7 Å². The van der Waals surface area contributed by atoms with Gasteiger partial charge >= 0.3 is 5.69 Å². The van der Waals surface area contributed by atoms with Crippen molar-refractivity contribution in [2.24, 2.45) is 5.73 Å². The zero-order valence-electron chi connectivity index (χ0n) is 16.6. The number of aromatic nitrogens is 4. The molecule has 31 heavy (non-hydrogen) atoms. The normalized spacial score (nSPS) is 11.5. The Morgan fingerprint density at radius 1 is 1.03 bits per heavy atom. The number of carbonyl (C=O) groups excluding carboxylic acids is 2. The van der Waals surface area contributed by atoms with Crippen molar-refractivity contribution in [2.45, 2.75) is 11.4 Å². The van der Waals surface area contributed by atoms with Crippen molar-refractivity contribution >= 4 is 27.5 Å². The number of nitrogens with two attached hydrogens (primary N) is 1. The van der Waals surface area contributed by atoms with Crippen molar-refractivity contribution in [3.05, 3.63) is 64.6 Å². The predicted octanol–water partition coefficient (Wildman–Crippen LogP) is -0.583. The smallest absolute Gasteiger partial charge is 0.368 e. The van der Waals surface area contributed by atoms with E-state index in [1.54, 1.807) is 12.1 Å². The summed E-state index contributed by atoms with van der Waals surface area (Å²) in [5.74, 6) is -1.16. The number of hydrogen-bond donors (Lipinski definition) is 2. The number of carbonyl (C=O) groups is 2. The minimum atomic E-state index is -3.58. The maximum Gasteiger partial charge on any atom is 0.368 e. The van der Waals surface area contributed by atoms with Crippen LogP contribution >= 0.6 is 0 Å². The first-order valence-electron chi connectivity index (χ1n) is 8.85. The van der Waals surface area contributed by atoms with E-state index in [1.165, 1.54) is 50.5 Å². The van der Waals surface area contributed by atoms with Gasteiger partial charge in [0.15, 0.2) is 0 Å². The van der Waals surface area contributed by atoms with Gasteiger partial charge in [-0.05, 0) is 59.0 Å². The molecule has 3 N–H and O–H groups in total. The van der Waals surface area contributed by atoms with Gasteiger partial charge in [-0.1, -0.05) is 0 Å². The quantitative estimate of drug-likeness (QED) is 0.491. The van der Waals surface area contributed by atoms with Gasteiger partial charge in [-0.25, -0.2) is 17.5 Å². The summed E-state index contributed by atoms with van der Waals surface area (Å²) in [6, 6.07) is 11.7. The molecule has 3 aromatic rings. The molecule has 0 bridgehead atoms. The summed E-state index contributed by atoms with van der Waals surface area (Å²) in [5.41, 5.74) is 5.50. The fourth-order valence-corrected chi connectivity index (χ4v) is 3.46. The molecule has 0 saturated heterocycles. The predicted molar refractivity (Wildman–Crippen MR) is 110 cm³/mol. The van der Waals surface area contributed by atoms with Crippen LogP contribution in [0.25, 0.3) is 5.69 Å². The molecule has 0 saturated carbocycles. The first-order chi connectivity index (χ1) is 14.6. The first kappa shape index (κ1) is 21.9. The number of hydrogen-bond acceptors (Lipinski definition) is 7. The molecule has 2 amide bonds. The van der Waals surface area contributed by atoms with E-state index in [0.29, 0.717) is 11.4 Å². The Labute approximate surface area is 176 Å². The molecule has 0 aliphatic carbocycles. The summed E-state index contributed by atoms with van der Waals surface area (Å²) in [6.45, 7) is -0.387. The summed E-state index contributed by atoms with van der Waals surface area (Å²) in [5, 5.41) is 9.94. The van der Waals surface area contributed by atoms with Crippen LogP contribution in [0.15, 0.2) is 58.2 Å². The lowest BCUT2D eigenvalue weighted by molar-refractivity contribution is -0.118. The van der Waals surface area contributed by atoms with Gasteiger partial charge in [-0.3, -0.25) is 9.59 Å². The lowest BCUT2D eigenvalue weighted by Crippen LogP contribution is -2.30. The number of benzene rings is 2. The van der Waals surface area contributed by atoms with E-state index in [9.17, 15) is 22.8 Å². The Bertz CT molecular complexity index is 1280. The highest BCUT2D eigenvalue weighted by Gasteiger charge is 2.17. The molecule has 0 atom stereocenters. The number of primary amides is 1. The number of amides is 2. The Morgan fingerprint density at radius 3 is 2.19 bits per heavy atom. The number of nitrogens with one attached hydrogen (secondary N) is 1. The van der Waals surface area contributed by atoms with E-state index in [0.717, 1.165) is 13.7 Å². The third-order valence-corrected chi connectivity index (χ3v) is 6.04. The molecule has 0 aliphatic rings. The molecule has 0 fully saturated rings. The number of sulfonamides is 1. The standard InChI is InChI=1S/C18H19N7O5S/c1-23(2)31(29,30)15-9-3-12(4-10-15)17(27)20-13-5-7-14(8-6-13)25-18(28)24(21-22-25)11-16(19)26/h3-10H,11H2,1-2H3,(H2,19,26)(H,20,27). The molecule has 2 aromatic carbocycles. The second-order valence-electron chi connectivity index (χ2n) is 6.61. The van der Waals surface area contributed by atoms with Crippen molar-refractivity contribution in [3.63, 3.8) is 0 Å². The SMILES string of the molecule is CN(C)S(=O)(=O)c1ccc(C(=O)Nc2ccc(-n3nnn(CC(N)=O)c3=O)cc2)cc1. The minimum absolute atomic E-state index is 0.0771. The molecular formula is C18H19N7O5S. The summed E-state index contributed by atoms with van der Waals surface area (Å²) in [6.07, 6.45) is 0. The largest absolute Gasteiger partial charge is 0.368 e. The van der Waals surface area contributed by atoms with Crippen LogP contribution in [0.2, 0.25) is 0 Å². The van der Waals surface area contributed by atoms with Crippen LogP contribution in [0.5, 0.6) is 0 Å². The second-order valence-corrected chi connectivity index (χ2v) is 8.76. The average Bonchev–Trinajstić information content (AvgIpc) is 3.08. The van der Waals surface area contributed by atoms with E-state index in [-0.39, 0.29) is 17.0 Å². The van der Waals surface area contributed by atoms with Crippen LogP contribution < -0.4 is 16.7 Å². The number of anilines is 1. The summed E-state index contributed by atoms with van der Waals surface area (Å²) >= 11 is 0.